The van der Waals surface area contributed by atoms with Gasteiger partial charge in [-0.2, -0.15) is 5.10 Å². The maximum absolute atomic E-state index is 10.5. The molecule has 4 nitrogen and oxygen atoms in total. The van der Waals surface area contributed by atoms with Crippen LogP contribution in [0.5, 0.6) is 0 Å². The van der Waals surface area contributed by atoms with Crippen molar-refractivity contribution in [2.75, 3.05) is 0 Å². The fraction of sp³-hybridized carbons (Fsp3) is 0. The van der Waals surface area contributed by atoms with E-state index in [9.17, 15) is 4.79 Å². The smallest absolute Gasteiger partial charge is 0.168 e. The van der Waals surface area contributed by atoms with E-state index in [0.717, 1.165) is 4.60 Å². The lowest BCUT2D eigenvalue weighted by molar-refractivity contribution is 0.111. The van der Waals surface area contributed by atoms with Crippen LogP contribution in [0.4, 0.5) is 0 Å². The van der Waals surface area contributed by atoms with E-state index in [4.69, 9.17) is 0 Å². The van der Waals surface area contributed by atoms with Crippen molar-refractivity contribution in [2.45, 2.75) is 0 Å². The molecule has 0 fully saturated rings. The van der Waals surface area contributed by atoms with Crippen molar-refractivity contribution >= 4 is 22.2 Å². The number of pyridine rings is 1. The second-order valence-corrected chi connectivity index (χ2v) is 3.43. The fourth-order valence-corrected chi connectivity index (χ4v) is 1.35. The van der Waals surface area contributed by atoms with Gasteiger partial charge in [-0.1, -0.05) is 6.07 Å². The molecular weight excluding hydrogens is 246 g/mol. The topological polar surface area (TPSA) is 47.8 Å². The average Bonchev–Trinajstić information content (AvgIpc) is 2.65. The first kappa shape index (κ1) is 9.08. The third kappa shape index (κ3) is 1.72. The van der Waals surface area contributed by atoms with E-state index in [1.165, 1.54) is 0 Å². The Morgan fingerprint density at radius 1 is 1.36 bits per heavy atom. The number of carbonyl (C=O) groups is 1. The lowest BCUT2D eigenvalue weighted by Gasteiger charge is -1.99. The van der Waals surface area contributed by atoms with Crippen molar-refractivity contribution in [3.8, 4) is 5.82 Å². The van der Waals surface area contributed by atoms with E-state index in [1.54, 1.807) is 35.1 Å². The highest BCUT2D eigenvalue weighted by atomic mass is 79.9. The molecule has 2 aromatic heterocycles. The van der Waals surface area contributed by atoms with E-state index in [0.29, 0.717) is 17.8 Å². The predicted molar refractivity (Wildman–Crippen MR) is 54.4 cm³/mol. The minimum Gasteiger partial charge on any atom is -0.296 e. The summed E-state index contributed by atoms with van der Waals surface area (Å²) in [6.45, 7) is 0. The molecule has 0 bridgehead atoms. The highest BCUT2D eigenvalue weighted by Gasteiger charge is 2.00. The average molecular weight is 252 g/mol. The van der Waals surface area contributed by atoms with Gasteiger partial charge in [0.2, 0.25) is 0 Å². The summed E-state index contributed by atoms with van der Waals surface area (Å²) in [7, 11) is 0. The molecular formula is C9H6BrN3O. The first-order valence-electron chi connectivity index (χ1n) is 3.93. The molecule has 0 radical (unpaired) electrons. The van der Waals surface area contributed by atoms with Crippen LogP contribution in [0.15, 0.2) is 35.1 Å². The molecule has 0 aromatic carbocycles. The second-order valence-electron chi connectivity index (χ2n) is 2.62. The summed E-state index contributed by atoms with van der Waals surface area (Å²) in [5.41, 5.74) is 0.397. The number of hydrogen-bond acceptors (Lipinski definition) is 3. The largest absolute Gasteiger partial charge is 0.296 e. The predicted octanol–water partition coefficient (Wildman–Crippen LogP) is 1.84. The van der Waals surface area contributed by atoms with Gasteiger partial charge in [0.1, 0.15) is 10.3 Å². The van der Waals surface area contributed by atoms with Gasteiger partial charge in [0.05, 0.1) is 0 Å². The van der Waals surface area contributed by atoms with Crippen LogP contribution in [0.3, 0.4) is 0 Å². The minimum absolute atomic E-state index is 0.397. The lowest BCUT2D eigenvalue weighted by Crippen LogP contribution is -1.99. The molecule has 0 aliphatic rings. The van der Waals surface area contributed by atoms with Gasteiger partial charge in [-0.15, -0.1) is 0 Å². The summed E-state index contributed by atoms with van der Waals surface area (Å²) in [6.07, 6.45) is 2.48. The Morgan fingerprint density at radius 3 is 2.86 bits per heavy atom. The molecule has 14 heavy (non-hydrogen) atoms. The summed E-state index contributed by atoms with van der Waals surface area (Å²) in [4.78, 5) is 14.6. The Labute approximate surface area is 88.7 Å². The number of carbonyl (C=O) groups excluding carboxylic acids is 1. The number of aldehydes is 1. The molecule has 0 saturated heterocycles. The molecule has 0 N–H and O–H groups in total. The number of aromatic nitrogens is 3. The van der Waals surface area contributed by atoms with Crippen molar-refractivity contribution in [1.82, 2.24) is 14.8 Å². The Balaban J connectivity index is 2.46. The number of nitrogens with zero attached hydrogens (tertiary/aromatic N) is 3. The van der Waals surface area contributed by atoms with Crippen molar-refractivity contribution in [1.29, 1.82) is 0 Å². The third-order valence-corrected chi connectivity index (χ3v) is 2.09. The van der Waals surface area contributed by atoms with Crippen molar-refractivity contribution in [3.63, 3.8) is 0 Å². The molecule has 2 rings (SSSR count). The van der Waals surface area contributed by atoms with Crippen LogP contribution in [0.25, 0.3) is 5.82 Å². The highest BCUT2D eigenvalue weighted by molar-refractivity contribution is 9.10. The molecule has 70 valence electrons. The third-order valence-electron chi connectivity index (χ3n) is 1.67. The van der Waals surface area contributed by atoms with Crippen LogP contribution < -0.4 is 0 Å². The quantitative estimate of drug-likeness (QED) is 0.766. The summed E-state index contributed by atoms with van der Waals surface area (Å²) in [5.74, 6) is 0.625. The van der Waals surface area contributed by atoms with Crippen LogP contribution in [-0.2, 0) is 0 Å². The Kier molecular flexibility index (Phi) is 2.41. The Bertz CT molecular complexity index is 467. The normalized spacial score (nSPS) is 10.1. The zero-order valence-corrected chi connectivity index (χ0v) is 8.68. The van der Waals surface area contributed by atoms with Crippen molar-refractivity contribution < 1.29 is 4.79 Å². The molecule has 0 aliphatic carbocycles. The van der Waals surface area contributed by atoms with Crippen molar-refractivity contribution in [3.05, 3.63) is 40.8 Å². The molecule has 0 saturated carbocycles. The van der Waals surface area contributed by atoms with Gasteiger partial charge in [0.15, 0.2) is 12.1 Å². The van der Waals surface area contributed by atoms with E-state index < -0.39 is 0 Å². The second kappa shape index (κ2) is 3.71. The number of halogens is 1. The summed E-state index contributed by atoms with van der Waals surface area (Å²) < 4.78 is 2.33. The van der Waals surface area contributed by atoms with Crippen LogP contribution >= 0.6 is 15.9 Å². The number of hydrogen-bond donors (Lipinski definition) is 0. The van der Waals surface area contributed by atoms with Crippen LogP contribution in [0.1, 0.15) is 10.5 Å². The molecule has 0 aliphatic heterocycles. The van der Waals surface area contributed by atoms with Crippen LogP contribution in [0.2, 0.25) is 0 Å². The SMILES string of the molecule is O=Cc1cccc(-n2ccc(Br)n2)n1. The molecule has 0 unspecified atom stereocenters. The zero-order chi connectivity index (χ0) is 9.97. The first-order valence-corrected chi connectivity index (χ1v) is 4.73. The maximum Gasteiger partial charge on any atom is 0.168 e. The Hall–Kier alpha value is -1.49. The van der Waals surface area contributed by atoms with Gasteiger partial charge in [0.25, 0.3) is 0 Å². The molecule has 0 spiro atoms. The minimum atomic E-state index is 0.397. The van der Waals surface area contributed by atoms with E-state index in [-0.39, 0.29) is 0 Å². The van der Waals surface area contributed by atoms with Crippen LogP contribution in [-0.4, -0.2) is 21.1 Å². The molecule has 2 heterocycles. The lowest BCUT2D eigenvalue weighted by atomic mass is 10.4. The number of rotatable bonds is 2. The van der Waals surface area contributed by atoms with Gasteiger partial charge in [-0.3, -0.25) is 4.79 Å². The maximum atomic E-state index is 10.5. The summed E-state index contributed by atoms with van der Waals surface area (Å²) in [6, 6.07) is 7.00. The van der Waals surface area contributed by atoms with Gasteiger partial charge >= 0.3 is 0 Å². The molecule has 0 atom stereocenters. The Morgan fingerprint density at radius 2 is 2.21 bits per heavy atom. The van der Waals surface area contributed by atoms with Gasteiger partial charge in [-0.25, -0.2) is 9.67 Å². The first-order chi connectivity index (χ1) is 6.79. The summed E-state index contributed by atoms with van der Waals surface area (Å²) in [5, 5.41) is 4.11. The zero-order valence-electron chi connectivity index (χ0n) is 7.09. The van der Waals surface area contributed by atoms with E-state index in [1.807, 2.05) is 0 Å². The fourth-order valence-electron chi connectivity index (χ4n) is 1.06. The van der Waals surface area contributed by atoms with E-state index >= 15 is 0 Å². The summed E-state index contributed by atoms with van der Waals surface area (Å²) >= 11 is 3.24. The van der Waals surface area contributed by atoms with E-state index in [2.05, 4.69) is 26.0 Å². The molecule has 2 aromatic rings. The highest BCUT2D eigenvalue weighted by Crippen LogP contribution is 2.09. The monoisotopic (exact) mass is 251 g/mol. The van der Waals surface area contributed by atoms with Gasteiger partial charge < -0.3 is 0 Å². The molecule has 0 amide bonds. The van der Waals surface area contributed by atoms with Crippen molar-refractivity contribution in [2.24, 2.45) is 0 Å². The van der Waals surface area contributed by atoms with Crippen LogP contribution in [0, 0.1) is 0 Å². The van der Waals surface area contributed by atoms with Gasteiger partial charge in [-0.05, 0) is 34.1 Å². The van der Waals surface area contributed by atoms with Gasteiger partial charge in [0, 0.05) is 6.20 Å². The standard InChI is InChI=1S/C9H6BrN3O/c10-8-4-5-13(12-8)9-3-1-2-7(6-14)11-9/h1-6H. The molecule has 5 heteroatoms.